The molecule has 4 rings (SSSR count). The maximum absolute atomic E-state index is 10.4. The lowest BCUT2D eigenvalue weighted by Crippen LogP contribution is -3.15. The minimum atomic E-state index is -0.308. The third-order valence-electron chi connectivity index (χ3n) is 5.19. The normalized spacial score (nSPS) is 22.9. The number of aryl methyl sites for hydroxylation is 1. The summed E-state index contributed by atoms with van der Waals surface area (Å²) in [6.07, 6.45) is 4.93. The van der Waals surface area contributed by atoms with Crippen LogP contribution < -0.4 is 4.90 Å². The highest BCUT2D eigenvalue weighted by Gasteiger charge is 2.24. The Bertz CT molecular complexity index is 730. The molecular weight excluding hydrogens is 354 g/mol. The van der Waals surface area contributed by atoms with Crippen molar-refractivity contribution >= 4 is 33.3 Å². The van der Waals surface area contributed by atoms with E-state index in [-0.39, 0.29) is 6.10 Å². The van der Waals surface area contributed by atoms with Crippen molar-refractivity contribution in [1.29, 1.82) is 0 Å². The fraction of sp³-hybridized carbons (Fsp3) is 0.667. The van der Waals surface area contributed by atoms with Gasteiger partial charge in [-0.15, -0.1) is 23.1 Å². The standard InChI is InChI=1S/C18H25N3O2S2/c1-12-2-3-14-15(8-12)25-18-16(14)17(19-11-20-18)24-10-13(22)9-21-4-6-23-7-5-21/h11-13,22H,2-10H2,1H3/p+1/t12-,13+/m0/s1. The van der Waals surface area contributed by atoms with E-state index in [1.807, 2.05) is 11.3 Å². The van der Waals surface area contributed by atoms with Crippen LogP contribution in [-0.2, 0) is 17.6 Å². The van der Waals surface area contributed by atoms with Gasteiger partial charge in [0, 0.05) is 16.0 Å². The van der Waals surface area contributed by atoms with Gasteiger partial charge in [-0.2, -0.15) is 0 Å². The smallest absolute Gasteiger partial charge is 0.128 e. The average molecular weight is 381 g/mol. The number of hydrogen-bond acceptors (Lipinski definition) is 6. The molecule has 0 bridgehead atoms. The number of fused-ring (bicyclic) bond motifs is 3. The molecule has 0 saturated carbocycles. The summed E-state index contributed by atoms with van der Waals surface area (Å²) in [5.74, 6) is 1.46. The Labute approximate surface area is 156 Å². The first-order valence-electron chi connectivity index (χ1n) is 9.18. The van der Waals surface area contributed by atoms with Gasteiger partial charge in [-0.3, -0.25) is 0 Å². The van der Waals surface area contributed by atoms with Crippen molar-refractivity contribution in [2.24, 2.45) is 5.92 Å². The van der Waals surface area contributed by atoms with Gasteiger partial charge in [0.05, 0.1) is 13.2 Å². The van der Waals surface area contributed by atoms with Gasteiger partial charge >= 0.3 is 0 Å². The summed E-state index contributed by atoms with van der Waals surface area (Å²) in [6, 6.07) is 0. The number of ether oxygens (including phenoxy) is 1. The molecule has 7 heteroatoms. The van der Waals surface area contributed by atoms with E-state index in [1.54, 1.807) is 18.1 Å². The predicted octanol–water partition coefficient (Wildman–Crippen LogP) is 1.18. The van der Waals surface area contributed by atoms with Gasteiger partial charge in [-0.1, -0.05) is 6.92 Å². The second-order valence-electron chi connectivity index (χ2n) is 7.24. The number of thioether (sulfide) groups is 1. The van der Waals surface area contributed by atoms with Crippen molar-refractivity contribution in [2.45, 2.75) is 37.3 Å². The lowest BCUT2D eigenvalue weighted by molar-refractivity contribution is -0.910. The highest BCUT2D eigenvalue weighted by molar-refractivity contribution is 7.99. The first-order chi connectivity index (χ1) is 12.2. The Hall–Kier alpha value is -0.730. The lowest BCUT2D eigenvalue weighted by atomic mass is 9.89. The van der Waals surface area contributed by atoms with Crippen molar-refractivity contribution in [3.8, 4) is 0 Å². The van der Waals surface area contributed by atoms with Gasteiger partial charge in [0.15, 0.2) is 0 Å². The second kappa shape index (κ2) is 7.88. The van der Waals surface area contributed by atoms with E-state index in [1.165, 1.54) is 33.6 Å². The molecule has 1 aliphatic heterocycles. The largest absolute Gasteiger partial charge is 0.386 e. The third-order valence-corrected chi connectivity index (χ3v) is 7.49. The van der Waals surface area contributed by atoms with Gasteiger partial charge in [-0.25, -0.2) is 9.97 Å². The van der Waals surface area contributed by atoms with Gasteiger partial charge in [-0.05, 0) is 30.7 Å². The van der Waals surface area contributed by atoms with E-state index >= 15 is 0 Å². The van der Waals surface area contributed by atoms with E-state index in [4.69, 9.17) is 4.74 Å². The highest BCUT2D eigenvalue weighted by atomic mass is 32.2. The molecule has 2 aliphatic rings. The molecule has 5 nitrogen and oxygen atoms in total. The van der Waals surface area contributed by atoms with Gasteiger partial charge in [0.2, 0.25) is 0 Å². The van der Waals surface area contributed by atoms with Crippen molar-refractivity contribution in [3.63, 3.8) is 0 Å². The molecule has 1 fully saturated rings. The van der Waals surface area contributed by atoms with Crippen LogP contribution >= 0.6 is 23.1 Å². The SMILES string of the molecule is C[C@H]1CCc2c(sc3ncnc(SC[C@H](O)C[NH+]4CCOCC4)c23)C1. The van der Waals surface area contributed by atoms with Crippen molar-refractivity contribution in [1.82, 2.24) is 9.97 Å². The monoisotopic (exact) mass is 380 g/mol. The van der Waals surface area contributed by atoms with Crippen LogP contribution in [0.1, 0.15) is 23.8 Å². The fourth-order valence-electron chi connectivity index (χ4n) is 3.79. The zero-order chi connectivity index (χ0) is 17.2. The predicted molar refractivity (Wildman–Crippen MR) is 102 cm³/mol. The van der Waals surface area contributed by atoms with Crippen molar-refractivity contribution < 1.29 is 14.7 Å². The van der Waals surface area contributed by atoms with Crippen LogP contribution in [0.3, 0.4) is 0 Å². The molecule has 2 atom stereocenters. The molecule has 3 heterocycles. The zero-order valence-corrected chi connectivity index (χ0v) is 16.3. The summed E-state index contributed by atoms with van der Waals surface area (Å²) in [5, 5.41) is 12.7. The van der Waals surface area contributed by atoms with Crippen LogP contribution in [0.4, 0.5) is 0 Å². The maximum atomic E-state index is 10.4. The molecule has 0 amide bonds. The summed E-state index contributed by atoms with van der Waals surface area (Å²) in [6.45, 7) is 6.73. The summed E-state index contributed by atoms with van der Waals surface area (Å²) in [4.78, 5) is 13.1. The number of nitrogens with zero attached hydrogens (tertiary/aromatic N) is 2. The van der Waals surface area contributed by atoms with E-state index < -0.39 is 0 Å². The number of thiophene rings is 1. The number of aromatic nitrogens is 2. The number of aliphatic hydroxyl groups is 1. The molecule has 1 saturated heterocycles. The van der Waals surface area contributed by atoms with Gasteiger partial charge in [0.1, 0.15) is 41.9 Å². The fourth-order valence-corrected chi connectivity index (χ4v) is 6.16. The van der Waals surface area contributed by atoms with Crippen LogP contribution in [0.15, 0.2) is 11.4 Å². The van der Waals surface area contributed by atoms with E-state index in [9.17, 15) is 5.11 Å². The van der Waals surface area contributed by atoms with Gasteiger partial charge in [0.25, 0.3) is 0 Å². The number of morpholine rings is 1. The highest BCUT2D eigenvalue weighted by Crippen LogP contribution is 2.40. The molecule has 2 N–H and O–H groups in total. The van der Waals surface area contributed by atoms with Gasteiger partial charge < -0.3 is 14.7 Å². The average Bonchev–Trinajstić information content (AvgIpc) is 2.98. The van der Waals surface area contributed by atoms with E-state index in [0.717, 1.165) is 55.0 Å². The molecule has 0 aromatic carbocycles. The number of quaternary nitrogens is 1. The quantitative estimate of drug-likeness (QED) is 0.603. The zero-order valence-electron chi connectivity index (χ0n) is 14.7. The molecule has 0 unspecified atom stereocenters. The number of nitrogens with one attached hydrogen (secondary N) is 1. The number of aliphatic hydroxyl groups excluding tert-OH is 1. The molecule has 136 valence electrons. The Balaban J connectivity index is 1.46. The minimum Gasteiger partial charge on any atom is -0.386 e. The summed E-state index contributed by atoms with van der Waals surface area (Å²) in [7, 11) is 0. The van der Waals surface area contributed by atoms with E-state index in [2.05, 4.69) is 16.9 Å². The number of hydrogen-bond donors (Lipinski definition) is 2. The Morgan fingerprint density at radius 3 is 3.08 bits per heavy atom. The number of rotatable bonds is 5. The summed E-state index contributed by atoms with van der Waals surface area (Å²) < 4.78 is 5.39. The van der Waals surface area contributed by atoms with E-state index in [0.29, 0.717) is 5.75 Å². The first kappa shape index (κ1) is 17.7. The van der Waals surface area contributed by atoms with Crippen LogP contribution in [0, 0.1) is 5.92 Å². The third kappa shape index (κ3) is 4.01. The molecule has 2 aromatic heterocycles. The van der Waals surface area contributed by atoms with Crippen molar-refractivity contribution in [2.75, 3.05) is 38.6 Å². The molecule has 0 spiro atoms. The molecule has 25 heavy (non-hydrogen) atoms. The Morgan fingerprint density at radius 1 is 1.40 bits per heavy atom. The second-order valence-corrected chi connectivity index (χ2v) is 9.33. The Morgan fingerprint density at radius 2 is 2.24 bits per heavy atom. The van der Waals surface area contributed by atoms with Crippen LogP contribution in [0.2, 0.25) is 0 Å². The lowest BCUT2D eigenvalue weighted by Gasteiger charge is -2.25. The van der Waals surface area contributed by atoms with Crippen LogP contribution in [0.5, 0.6) is 0 Å². The van der Waals surface area contributed by atoms with Crippen molar-refractivity contribution in [3.05, 3.63) is 16.8 Å². The molecule has 0 radical (unpaired) electrons. The summed E-state index contributed by atoms with van der Waals surface area (Å²) in [5.41, 5.74) is 1.47. The first-order valence-corrected chi connectivity index (χ1v) is 11.0. The summed E-state index contributed by atoms with van der Waals surface area (Å²) >= 11 is 3.52. The minimum absolute atomic E-state index is 0.308. The molecule has 2 aromatic rings. The van der Waals surface area contributed by atoms with Crippen LogP contribution in [-0.4, -0.2) is 59.8 Å². The molecule has 1 aliphatic carbocycles. The maximum Gasteiger partial charge on any atom is 0.128 e. The molecular formula is C18H26N3O2S2+. The van der Waals surface area contributed by atoms with Crippen LogP contribution in [0.25, 0.3) is 10.2 Å². The Kier molecular flexibility index (Phi) is 5.57. The topological polar surface area (TPSA) is 59.7 Å².